The number of nitrogens with zero attached hydrogens (tertiary/aromatic N) is 3. The maximum atomic E-state index is 10.7. The van der Waals surface area contributed by atoms with E-state index in [1.807, 2.05) is 59.3 Å². The fourth-order valence-corrected chi connectivity index (χ4v) is 4.05. The van der Waals surface area contributed by atoms with Gasteiger partial charge in [0.05, 0.1) is 43.4 Å². The standard InChI is InChI=1S/C29H41N3O5/c1-6-26-25(19-31(16-17-34-4)18-24(33)21-36-20-22(2)3)29(32(30-26)23-12-8-7-9-13-23)37-28-15-11-10-14-27(28)35-5/h7-15,22,24,33H,6,16-21H2,1-5H3/t24-/m0/s1. The van der Waals surface area contributed by atoms with Crippen LogP contribution in [0.5, 0.6) is 17.4 Å². The minimum absolute atomic E-state index is 0.288. The molecule has 1 N–H and O–H groups in total. The predicted molar refractivity (Wildman–Crippen MR) is 145 cm³/mol. The van der Waals surface area contributed by atoms with Crippen molar-refractivity contribution in [2.45, 2.75) is 39.8 Å². The Bertz CT molecular complexity index is 1070. The Hall–Kier alpha value is -2.91. The van der Waals surface area contributed by atoms with E-state index in [-0.39, 0.29) is 6.61 Å². The molecule has 8 nitrogen and oxygen atoms in total. The molecular formula is C29H41N3O5. The van der Waals surface area contributed by atoms with E-state index in [2.05, 4.69) is 25.7 Å². The van der Waals surface area contributed by atoms with E-state index in [0.717, 1.165) is 23.4 Å². The molecule has 0 saturated carbocycles. The molecule has 0 unspecified atom stereocenters. The van der Waals surface area contributed by atoms with Crippen LogP contribution in [0.1, 0.15) is 32.0 Å². The molecule has 37 heavy (non-hydrogen) atoms. The largest absolute Gasteiger partial charge is 0.493 e. The third kappa shape index (κ3) is 8.30. The first kappa shape index (κ1) is 28.7. The Labute approximate surface area is 220 Å². The molecule has 1 heterocycles. The number of hydrogen-bond donors (Lipinski definition) is 1. The van der Waals surface area contributed by atoms with Gasteiger partial charge in [0.25, 0.3) is 0 Å². The zero-order chi connectivity index (χ0) is 26.6. The average Bonchev–Trinajstić information content (AvgIpc) is 3.24. The van der Waals surface area contributed by atoms with Gasteiger partial charge in [-0.05, 0) is 36.6 Å². The molecule has 0 fully saturated rings. The quantitative estimate of drug-likeness (QED) is 0.298. The first-order valence-corrected chi connectivity index (χ1v) is 12.9. The molecule has 0 spiro atoms. The number of aryl methyl sites for hydroxylation is 1. The SMILES string of the molecule is CCc1nn(-c2ccccc2)c(Oc2ccccc2OC)c1CN(CCOC)C[C@H](O)COCC(C)C. The Kier molecular flexibility index (Phi) is 11.4. The van der Waals surface area contributed by atoms with Crippen molar-refractivity contribution in [2.75, 3.05) is 47.1 Å². The minimum Gasteiger partial charge on any atom is -0.493 e. The summed E-state index contributed by atoms with van der Waals surface area (Å²) in [5.41, 5.74) is 2.80. The fourth-order valence-electron chi connectivity index (χ4n) is 4.05. The van der Waals surface area contributed by atoms with Crippen LogP contribution in [-0.2, 0) is 22.4 Å². The molecule has 0 amide bonds. The first-order chi connectivity index (χ1) is 18.0. The van der Waals surface area contributed by atoms with Crippen LogP contribution in [0.2, 0.25) is 0 Å². The van der Waals surface area contributed by atoms with Gasteiger partial charge in [-0.1, -0.05) is 51.1 Å². The van der Waals surface area contributed by atoms with E-state index < -0.39 is 6.10 Å². The van der Waals surface area contributed by atoms with E-state index >= 15 is 0 Å². The molecule has 3 aromatic rings. The number of para-hydroxylation sites is 3. The summed E-state index contributed by atoms with van der Waals surface area (Å²) in [5, 5.41) is 15.7. The van der Waals surface area contributed by atoms with Crippen molar-refractivity contribution in [3.05, 3.63) is 65.9 Å². The number of aromatic nitrogens is 2. The Morgan fingerprint density at radius 2 is 1.68 bits per heavy atom. The van der Waals surface area contributed by atoms with E-state index in [0.29, 0.717) is 56.1 Å². The summed E-state index contributed by atoms with van der Waals surface area (Å²) >= 11 is 0. The lowest BCUT2D eigenvalue weighted by Gasteiger charge is -2.25. The number of hydrogen-bond acceptors (Lipinski definition) is 7. The molecule has 0 bridgehead atoms. The maximum absolute atomic E-state index is 10.7. The second-order valence-electron chi connectivity index (χ2n) is 9.40. The second kappa shape index (κ2) is 14.7. The van der Waals surface area contributed by atoms with Gasteiger partial charge in [-0.2, -0.15) is 5.10 Å². The van der Waals surface area contributed by atoms with E-state index in [9.17, 15) is 5.11 Å². The van der Waals surface area contributed by atoms with E-state index in [1.54, 1.807) is 14.2 Å². The van der Waals surface area contributed by atoms with Gasteiger partial charge in [0.1, 0.15) is 0 Å². The maximum Gasteiger partial charge on any atom is 0.227 e. The topological polar surface area (TPSA) is 78.2 Å². The van der Waals surface area contributed by atoms with Crippen molar-refractivity contribution >= 4 is 0 Å². The number of aliphatic hydroxyl groups is 1. The van der Waals surface area contributed by atoms with Crippen LogP contribution in [0.3, 0.4) is 0 Å². The molecule has 0 aliphatic carbocycles. The normalized spacial score (nSPS) is 12.3. The molecule has 2 aromatic carbocycles. The third-order valence-electron chi connectivity index (χ3n) is 5.85. The van der Waals surface area contributed by atoms with Crippen molar-refractivity contribution < 1.29 is 24.1 Å². The molecule has 1 aromatic heterocycles. The van der Waals surface area contributed by atoms with Crippen LogP contribution < -0.4 is 9.47 Å². The zero-order valence-electron chi connectivity index (χ0n) is 22.7. The van der Waals surface area contributed by atoms with Gasteiger partial charge in [-0.25, -0.2) is 4.68 Å². The number of aliphatic hydroxyl groups excluding tert-OH is 1. The fraction of sp³-hybridized carbons (Fsp3) is 0.483. The highest BCUT2D eigenvalue weighted by atomic mass is 16.5. The molecule has 0 aliphatic rings. The molecule has 1 atom stereocenters. The van der Waals surface area contributed by atoms with Crippen LogP contribution in [0.25, 0.3) is 5.69 Å². The van der Waals surface area contributed by atoms with Gasteiger partial charge in [0.2, 0.25) is 5.88 Å². The van der Waals surface area contributed by atoms with Gasteiger partial charge in [0, 0.05) is 33.4 Å². The zero-order valence-corrected chi connectivity index (χ0v) is 22.7. The summed E-state index contributed by atoms with van der Waals surface area (Å²) in [6, 6.07) is 17.5. The van der Waals surface area contributed by atoms with Gasteiger partial charge >= 0.3 is 0 Å². The van der Waals surface area contributed by atoms with E-state index in [4.69, 9.17) is 24.0 Å². The van der Waals surface area contributed by atoms with Gasteiger partial charge < -0.3 is 24.1 Å². The van der Waals surface area contributed by atoms with Crippen LogP contribution >= 0.6 is 0 Å². The summed E-state index contributed by atoms with van der Waals surface area (Å²) < 4.78 is 25.0. The number of methoxy groups -OCH3 is 2. The summed E-state index contributed by atoms with van der Waals surface area (Å²) in [5.74, 6) is 2.29. The number of ether oxygens (including phenoxy) is 4. The molecule has 0 aliphatic heterocycles. The van der Waals surface area contributed by atoms with Gasteiger partial charge in [-0.15, -0.1) is 0 Å². The highest BCUT2D eigenvalue weighted by Crippen LogP contribution is 2.36. The Morgan fingerprint density at radius 1 is 0.973 bits per heavy atom. The predicted octanol–water partition coefficient (Wildman–Crippen LogP) is 4.72. The monoisotopic (exact) mass is 511 g/mol. The Morgan fingerprint density at radius 3 is 2.32 bits per heavy atom. The summed E-state index contributed by atoms with van der Waals surface area (Å²) in [7, 11) is 3.31. The highest BCUT2D eigenvalue weighted by molar-refractivity contribution is 5.47. The molecule has 8 heteroatoms. The summed E-state index contributed by atoms with van der Waals surface area (Å²) in [4.78, 5) is 2.16. The smallest absolute Gasteiger partial charge is 0.227 e. The number of benzene rings is 2. The second-order valence-corrected chi connectivity index (χ2v) is 9.40. The lowest BCUT2D eigenvalue weighted by Crippen LogP contribution is -2.37. The van der Waals surface area contributed by atoms with E-state index in [1.165, 1.54) is 0 Å². The van der Waals surface area contributed by atoms with Crippen molar-refractivity contribution in [3.8, 4) is 23.1 Å². The van der Waals surface area contributed by atoms with Gasteiger partial charge in [-0.3, -0.25) is 4.90 Å². The molecule has 202 valence electrons. The third-order valence-corrected chi connectivity index (χ3v) is 5.85. The molecule has 0 saturated heterocycles. The van der Waals surface area contributed by atoms with Gasteiger partial charge in [0.15, 0.2) is 11.5 Å². The summed E-state index contributed by atoms with van der Waals surface area (Å²) in [6.07, 6.45) is 0.110. The molecule has 0 radical (unpaired) electrons. The Balaban J connectivity index is 1.96. The minimum atomic E-state index is -0.622. The summed E-state index contributed by atoms with van der Waals surface area (Å²) in [6.45, 7) is 9.34. The van der Waals surface area contributed by atoms with Crippen molar-refractivity contribution in [1.29, 1.82) is 0 Å². The number of rotatable bonds is 16. The lowest BCUT2D eigenvalue weighted by molar-refractivity contribution is 0.00323. The first-order valence-electron chi connectivity index (χ1n) is 12.9. The lowest BCUT2D eigenvalue weighted by atomic mass is 10.1. The van der Waals surface area contributed by atoms with Crippen LogP contribution in [-0.4, -0.2) is 73.0 Å². The molecular weight excluding hydrogens is 470 g/mol. The van der Waals surface area contributed by atoms with Crippen LogP contribution in [0, 0.1) is 5.92 Å². The van der Waals surface area contributed by atoms with Crippen LogP contribution in [0.4, 0.5) is 0 Å². The highest BCUT2D eigenvalue weighted by Gasteiger charge is 2.24. The van der Waals surface area contributed by atoms with Crippen molar-refractivity contribution in [2.24, 2.45) is 5.92 Å². The van der Waals surface area contributed by atoms with Crippen LogP contribution in [0.15, 0.2) is 54.6 Å². The average molecular weight is 512 g/mol. The molecule has 3 rings (SSSR count). The van der Waals surface area contributed by atoms with Crippen molar-refractivity contribution in [3.63, 3.8) is 0 Å². The van der Waals surface area contributed by atoms with Crippen molar-refractivity contribution in [1.82, 2.24) is 14.7 Å².